The van der Waals surface area contributed by atoms with Crippen LogP contribution in [0.25, 0.3) is 11.4 Å². The SMILES string of the molecule is SCc1nccc(-c2ccccn2)n1. The van der Waals surface area contributed by atoms with Crippen molar-refractivity contribution in [3.8, 4) is 11.4 Å². The Hall–Kier alpha value is -1.42. The Balaban J connectivity index is 2.42. The number of aromatic nitrogens is 3. The van der Waals surface area contributed by atoms with Gasteiger partial charge in [0, 0.05) is 12.4 Å². The highest BCUT2D eigenvalue weighted by molar-refractivity contribution is 7.79. The molecule has 0 spiro atoms. The van der Waals surface area contributed by atoms with Crippen molar-refractivity contribution in [1.29, 1.82) is 0 Å². The molecule has 4 heteroatoms. The molecular formula is C10H9N3S. The van der Waals surface area contributed by atoms with Crippen molar-refractivity contribution in [2.45, 2.75) is 5.75 Å². The van der Waals surface area contributed by atoms with Crippen LogP contribution in [0.2, 0.25) is 0 Å². The molecule has 0 bridgehead atoms. The number of rotatable bonds is 2. The Morgan fingerprint density at radius 3 is 2.64 bits per heavy atom. The molecule has 0 saturated carbocycles. The molecule has 0 N–H and O–H groups in total. The molecule has 0 aliphatic rings. The summed E-state index contributed by atoms with van der Waals surface area (Å²) in [6.07, 6.45) is 3.47. The van der Waals surface area contributed by atoms with Crippen LogP contribution in [-0.2, 0) is 5.75 Å². The van der Waals surface area contributed by atoms with Gasteiger partial charge in [0.15, 0.2) is 0 Å². The maximum atomic E-state index is 4.31. The molecule has 3 nitrogen and oxygen atoms in total. The Bertz CT molecular complexity index is 417. The lowest BCUT2D eigenvalue weighted by Crippen LogP contribution is -1.93. The number of pyridine rings is 1. The molecule has 0 amide bonds. The van der Waals surface area contributed by atoms with Crippen LogP contribution >= 0.6 is 12.6 Å². The number of hydrogen-bond acceptors (Lipinski definition) is 4. The molecule has 2 rings (SSSR count). The van der Waals surface area contributed by atoms with Crippen LogP contribution in [0.1, 0.15) is 5.82 Å². The van der Waals surface area contributed by atoms with Gasteiger partial charge >= 0.3 is 0 Å². The van der Waals surface area contributed by atoms with Gasteiger partial charge in [-0.1, -0.05) is 6.07 Å². The van der Waals surface area contributed by atoms with Gasteiger partial charge in [0.25, 0.3) is 0 Å². The molecule has 2 heterocycles. The van der Waals surface area contributed by atoms with E-state index >= 15 is 0 Å². The summed E-state index contributed by atoms with van der Waals surface area (Å²) in [6.45, 7) is 0. The van der Waals surface area contributed by atoms with Crippen molar-refractivity contribution in [1.82, 2.24) is 15.0 Å². The van der Waals surface area contributed by atoms with E-state index in [4.69, 9.17) is 0 Å². The lowest BCUT2D eigenvalue weighted by Gasteiger charge is -2.00. The van der Waals surface area contributed by atoms with E-state index in [0.717, 1.165) is 17.2 Å². The van der Waals surface area contributed by atoms with Gasteiger partial charge in [-0.25, -0.2) is 9.97 Å². The van der Waals surface area contributed by atoms with E-state index in [1.54, 1.807) is 12.4 Å². The van der Waals surface area contributed by atoms with Gasteiger partial charge in [-0.05, 0) is 18.2 Å². The van der Waals surface area contributed by atoms with E-state index in [9.17, 15) is 0 Å². The molecule has 0 atom stereocenters. The summed E-state index contributed by atoms with van der Waals surface area (Å²) in [7, 11) is 0. The quantitative estimate of drug-likeness (QED) is 0.758. The standard InChI is InChI=1S/C10H9N3S/c14-7-10-12-6-4-9(13-10)8-3-1-2-5-11-8/h1-6,14H,7H2. The predicted octanol–water partition coefficient (Wildman–Crippen LogP) is 1.97. The largest absolute Gasteiger partial charge is 0.255 e. The van der Waals surface area contributed by atoms with Crippen molar-refractivity contribution in [2.75, 3.05) is 0 Å². The molecule has 0 saturated heterocycles. The van der Waals surface area contributed by atoms with Crippen molar-refractivity contribution in [3.05, 3.63) is 42.5 Å². The molecule has 14 heavy (non-hydrogen) atoms. The zero-order chi connectivity index (χ0) is 9.80. The molecule has 2 aromatic rings. The predicted molar refractivity (Wildman–Crippen MR) is 58.0 cm³/mol. The average molecular weight is 203 g/mol. The zero-order valence-electron chi connectivity index (χ0n) is 7.46. The Morgan fingerprint density at radius 1 is 1.00 bits per heavy atom. The summed E-state index contributed by atoms with van der Waals surface area (Å²) in [5.41, 5.74) is 1.70. The van der Waals surface area contributed by atoms with Gasteiger partial charge in [-0.3, -0.25) is 4.98 Å². The summed E-state index contributed by atoms with van der Waals surface area (Å²) < 4.78 is 0. The van der Waals surface area contributed by atoms with Crippen LogP contribution in [0, 0.1) is 0 Å². The molecule has 0 aliphatic heterocycles. The van der Waals surface area contributed by atoms with E-state index in [1.165, 1.54) is 0 Å². The van der Waals surface area contributed by atoms with E-state index in [1.807, 2.05) is 24.3 Å². The van der Waals surface area contributed by atoms with Crippen LogP contribution in [0.5, 0.6) is 0 Å². The lowest BCUT2D eigenvalue weighted by molar-refractivity contribution is 1.04. The molecule has 0 fully saturated rings. The monoisotopic (exact) mass is 203 g/mol. The minimum Gasteiger partial charge on any atom is -0.255 e. The third kappa shape index (κ3) is 1.90. The number of thiol groups is 1. The minimum atomic E-state index is 0.542. The van der Waals surface area contributed by atoms with Crippen molar-refractivity contribution >= 4 is 12.6 Å². The number of hydrogen-bond donors (Lipinski definition) is 1. The molecule has 2 aromatic heterocycles. The highest BCUT2D eigenvalue weighted by atomic mass is 32.1. The van der Waals surface area contributed by atoms with Crippen LogP contribution in [0.4, 0.5) is 0 Å². The van der Waals surface area contributed by atoms with Crippen LogP contribution < -0.4 is 0 Å². The molecule has 0 aromatic carbocycles. The highest BCUT2D eigenvalue weighted by Crippen LogP contribution is 2.12. The van der Waals surface area contributed by atoms with E-state index < -0.39 is 0 Å². The Kier molecular flexibility index (Phi) is 2.74. The summed E-state index contributed by atoms with van der Waals surface area (Å²) in [5.74, 6) is 1.26. The fourth-order valence-electron chi connectivity index (χ4n) is 1.13. The zero-order valence-corrected chi connectivity index (χ0v) is 8.35. The highest BCUT2D eigenvalue weighted by Gasteiger charge is 2.00. The van der Waals surface area contributed by atoms with Gasteiger partial charge in [-0.15, -0.1) is 0 Å². The van der Waals surface area contributed by atoms with Crippen molar-refractivity contribution in [3.63, 3.8) is 0 Å². The van der Waals surface area contributed by atoms with Gasteiger partial charge < -0.3 is 0 Å². The molecule has 0 unspecified atom stereocenters. The van der Waals surface area contributed by atoms with Crippen LogP contribution in [0.3, 0.4) is 0 Å². The first-order valence-corrected chi connectivity index (χ1v) is 4.87. The molecular weight excluding hydrogens is 194 g/mol. The second kappa shape index (κ2) is 4.19. The third-order valence-corrected chi connectivity index (χ3v) is 2.06. The third-order valence-electron chi connectivity index (χ3n) is 1.77. The maximum Gasteiger partial charge on any atom is 0.138 e. The lowest BCUT2D eigenvalue weighted by atomic mass is 10.2. The van der Waals surface area contributed by atoms with E-state index in [-0.39, 0.29) is 0 Å². The molecule has 0 aliphatic carbocycles. The van der Waals surface area contributed by atoms with Crippen molar-refractivity contribution in [2.24, 2.45) is 0 Å². The average Bonchev–Trinajstić information content (AvgIpc) is 2.30. The number of nitrogens with zero attached hydrogens (tertiary/aromatic N) is 3. The normalized spacial score (nSPS) is 10.1. The Labute approximate surface area is 87.7 Å². The fraction of sp³-hybridized carbons (Fsp3) is 0.100. The van der Waals surface area contributed by atoms with Gasteiger partial charge in [-0.2, -0.15) is 12.6 Å². The minimum absolute atomic E-state index is 0.542. The van der Waals surface area contributed by atoms with Gasteiger partial charge in [0.2, 0.25) is 0 Å². The molecule has 70 valence electrons. The summed E-state index contributed by atoms with van der Waals surface area (Å²) in [6, 6.07) is 7.58. The van der Waals surface area contributed by atoms with Crippen molar-refractivity contribution < 1.29 is 0 Å². The van der Waals surface area contributed by atoms with Crippen LogP contribution in [-0.4, -0.2) is 15.0 Å². The van der Waals surface area contributed by atoms with Crippen LogP contribution in [0.15, 0.2) is 36.7 Å². The fourth-order valence-corrected chi connectivity index (χ4v) is 1.28. The van der Waals surface area contributed by atoms with E-state index in [2.05, 4.69) is 27.6 Å². The smallest absolute Gasteiger partial charge is 0.138 e. The summed E-state index contributed by atoms with van der Waals surface area (Å²) in [4.78, 5) is 12.6. The molecule has 0 radical (unpaired) electrons. The van der Waals surface area contributed by atoms with Gasteiger partial charge in [0.05, 0.1) is 17.1 Å². The second-order valence-corrected chi connectivity index (χ2v) is 3.05. The topological polar surface area (TPSA) is 38.7 Å². The van der Waals surface area contributed by atoms with Gasteiger partial charge in [0.1, 0.15) is 5.82 Å². The Morgan fingerprint density at radius 2 is 1.93 bits per heavy atom. The first-order chi connectivity index (χ1) is 6.90. The first-order valence-electron chi connectivity index (χ1n) is 4.24. The summed E-state index contributed by atoms with van der Waals surface area (Å²) in [5, 5.41) is 0. The maximum absolute atomic E-state index is 4.31. The first kappa shape index (κ1) is 9.15. The second-order valence-electron chi connectivity index (χ2n) is 2.73. The van der Waals surface area contributed by atoms with E-state index in [0.29, 0.717) is 5.75 Å². The summed E-state index contributed by atoms with van der Waals surface area (Å²) >= 11 is 4.12.